The number of rotatable bonds is 9. The first-order chi connectivity index (χ1) is 14.1. The van der Waals surface area contributed by atoms with Crippen molar-refractivity contribution in [2.75, 3.05) is 31.3 Å². The van der Waals surface area contributed by atoms with Crippen molar-refractivity contribution >= 4 is 21.6 Å². The van der Waals surface area contributed by atoms with Crippen LogP contribution >= 0.6 is 0 Å². The predicted molar refractivity (Wildman–Crippen MR) is 109 cm³/mol. The van der Waals surface area contributed by atoms with Crippen molar-refractivity contribution in [2.24, 2.45) is 0 Å². The number of amides is 1. The number of carbonyl (C=O) groups is 1. The van der Waals surface area contributed by atoms with E-state index in [2.05, 4.69) is 5.32 Å². The highest BCUT2D eigenvalue weighted by atomic mass is 32.2. The van der Waals surface area contributed by atoms with Gasteiger partial charge in [-0.2, -0.15) is 0 Å². The van der Waals surface area contributed by atoms with E-state index in [1.807, 2.05) is 6.92 Å². The minimum atomic E-state index is -3.92. The molecular formula is C20H24F2N2O5S. The van der Waals surface area contributed by atoms with E-state index >= 15 is 0 Å². The third-order valence-corrected chi connectivity index (χ3v) is 5.57. The molecule has 0 unspecified atom stereocenters. The van der Waals surface area contributed by atoms with Crippen LogP contribution in [0.3, 0.4) is 0 Å². The Bertz CT molecular complexity index is 1010. The average Bonchev–Trinajstić information content (AvgIpc) is 2.71. The Balaban J connectivity index is 2.24. The lowest BCUT2D eigenvalue weighted by Gasteiger charge is -2.24. The Kier molecular flexibility index (Phi) is 7.60. The largest absolute Gasteiger partial charge is 0.493 e. The van der Waals surface area contributed by atoms with Gasteiger partial charge in [0.05, 0.1) is 32.2 Å². The van der Waals surface area contributed by atoms with E-state index in [1.54, 1.807) is 18.2 Å². The number of carbonyl (C=O) groups excluding carboxylic acids is 1. The fraction of sp³-hybridized carbons (Fsp3) is 0.350. The topological polar surface area (TPSA) is 84.9 Å². The molecule has 0 saturated heterocycles. The van der Waals surface area contributed by atoms with Gasteiger partial charge in [-0.15, -0.1) is 0 Å². The molecule has 1 amide bonds. The van der Waals surface area contributed by atoms with Gasteiger partial charge >= 0.3 is 0 Å². The molecule has 0 aliphatic heterocycles. The maximum Gasteiger partial charge on any atom is 0.241 e. The molecule has 0 radical (unpaired) electrons. The summed E-state index contributed by atoms with van der Waals surface area (Å²) in [5.74, 6) is -1.91. The predicted octanol–water partition coefficient (Wildman–Crippen LogP) is 3.02. The Morgan fingerprint density at radius 1 is 1.07 bits per heavy atom. The second kappa shape index (κ2) is 9.75. The van der Waals surface area contributed by atoms with Crippen LogP contribution in [0.25, 0.3) is 0 Å². The fourth-order valence-corrected chi connectivity index (χ4v) is 3.75. The smallest absolute Gasteiger partial charge is 0.241 e. The molecule has 10 heteroatoms. The number of anilines is 1. The van der Waals surface area contributed by atoms with Gasteiger partial charge in [0.15, 0.2) is 23.1 Å². The normalized spacial score (nSPS) is 12.2. The molecule has 0 saturated carbocycles. The Labute approximate surface area is 174 Å². The van der Waals surface area contributed by atoms with Crippen molar-refractivity contribution in [3.63, 3.8) is 0 Å². The molecule has 2 aromatic rings. The zero-order chi connectivity index (χ0) is 22.5. The van der Waals surface area contributed by atoms with Gasteiger partial charge in [0.1, 0.15) is 6.54 Å². The quantitative estimate of drug-likeness (QED) is 0.645. The molecule has 1 atom stereocenters. The molecule has 0 spiro atoms. The van der Waals surface area contributed by atoms with Gasteiger partial charge < -0.3 is 14.8 Å². The Hall–Kier alpha value is -2.88. The third-order valence-electron chi connectivity index (χ3n) is 4.43. The number of nitrogens with zero attached hydrogens (tertiary/aromatic N) is 1. The molecule has 7 nitrogen and oxygen atoms in total. The van der Waals surface area contributed by atoms with Crippen LogP contribution in [-0.4, -0.2) is 41.3 Å². The molecular weight excluding hydrogens is 418 g/mol. The van der Waals surface area contributed by atoms with Gasteiger partial charge in [-0.1, -0.05) is 13.0 Å². The number of sulfonamides is 1. The van der Waals surface area contributed by atoms with Gasteiger partial charge in [-0.25, -0.2) is 17.2 Å². The average molecular weight is 442 g/mol. The van der Waals surface area contributed by atoms with Crippen LogP contribution in [-0.2, 0) is 14.8 Å². The standard InChI is InChI=1S/C20H24F2N2O5S/c1-5-17(13-6-9-18(28-2)19(10-13)29-3)23-20(25)12-24(30(4,26)27)14-7-8-15(21)16(22)11-14/h6-11,17H,5,12H2,1-4H3,(H,23,25)/t17-/m0/s1. The number of benzene rings is 2. The van der Waals surface area contributed by atoms with Crippen LogP contribution in [0.4, 0.5) is 14.5 Å². The van der Waals surface area contributed by atoms with E-state index in [9.17, 15) is 22.0 Å². The lowest BCUT2D eigenvalue weighted by Crippen LogP contribution is -2.41. The molecule has 30 heavy (non-hydrogen) atoms. The first kappa shape index (κ1) is 23.4. The molecule has 0 aliphatic rings. The van der Waals surface area contributed by atoms with Crippen LogP contribution in [0.5, 0.6) is 11.5 Å². The van der Waals surface area contributed by atoms with E-state index < -0.39 is 40.2 Å². The van der Waals surface area contributed by atoms with Crippen molar-refractivity contribution in [3.8, 4) is 11.5 Å². The summed E-state index contributed by atoms with van der Waals surface area (Å²) in [6, 6.07) is 7.39. The van der Waals surface area contributed by atoms with Gasteiger partial charge in [0.25, 0.3) is 0 Å². The fourth-order valence-electron chi connectivity index (χ4n) is 2.90. The number of nitrogens with one attached hydrogen (secondary N) is 1. The summed E-state index contributed by atoms with van der Waals surface area (Å²) in [6.45, 7) is 1.26. The third kappa shape index (κ3) is 5.59. The molecule has 1 N–H and O–H groups in total. The minimum Gasteiger partial charge on any atom is -0.493 e. The van der Waals surface area contributed by atoms with E-state index in [1.165, 1.54) is 14.2 Å². The van der Waals surface area contributed by atoms with E-state index in [-0.39, 0.29) is 5.69 Å². The maximum atomic E-state index is 13.6. The molecule has 0 aromatic heterocycles. The first-order valence-electron chi connectivity index (χ1n) is 9.04. The second-order valence-electron chi connectivity index (χ2n) is 6.51. The van der Waals surface area contributed by atoms with Crippen molar-refractivity contribution in [3.05, 3.63) is 53.6 Å². The summed E-state index contributed by atoms with van der Waals surface area (Å²) in [5, 5.41) is 2.76. The van der Waals surface area contributed by atoms with Gasteiger partial charge in [0.2, 0.25) is 15.9 Å². The van der Waals surface area contributed by atoms with E-state index in [4.69, 9.17) is 9.47 Å². The molecule has 0 aliphatic carbocycles. The number of halogens is 2. The number of hydrogen-bond acceptors (Lipinski definition) is 5. The summed E-state index contributed by atoms with van der Waals surface area (Å²) in [7, 11) is -0.921. The van der Waals surface area contributed by atoms with Crippen LogP contribution in [0.1, 0.15) is 24.9 Å². The van der Waals surface area contributed by atoms with Crippen LogP contribution in [0.2, 0.25) is 0 Å². The molecule has 2 aromatic carbocycles. The van der Waals surface area contributed by atoms with Gasteiger partial charge in [-0.3, -0.25) is 9.10 Å². The van der Waals surface area contributed by atoms with Crippen molar-refractivity contribution in [1.82, 2.24) is 5.32 Å². The van der Waals surface area contributed by atoms with Crippen LogP contribution < -0.4 is 19.1 Å². The second-order valence-corrected chi connectivity index (χ2v) is 8.42. The first-order valence-corrected chi connectivity index (χ1v) is 10.9. The zero-order valence-electron chi connectivity index (χ0n) is 17.1. The van der Waals surface area contributed by atoms with Crippen LogP contribution in [0.15, 0.2) is 36.4 Å². The maximum absolute atomic E-state index is 13.6. The van der Waals surface area contributed by atoms with E-state index in [0.29, 0.717) is 22.2 Å². The molecule has 2 rings (SSSR count). The van der Waals surface area contributed by atoms with Crippen molar-refractivity contribution < 1.29 is 31.5 Å². The van der Waals surface area contributed by atoms with Crippen molar-refractivity contribution in [1.29, 1.82) is 0 Å². The molecule has 0 bridgehead atoms. The lowest BCUT2D eigenvalue weighted by atomic mass is 10.0. The lowest BCUT2D eigenvalue weighted by molar-refractivity contribution is -0.120. The summed E-state index contributed by atoms with van der Waals surface area (Å²) >= 11 is 0. The van der Waals surface area contributed by atoms with Gasteiger partial charge in [0, 0.05) is 6.07 Å². The highest BCUT2D eigenvalue weighted by Gasteiger charge is 2.24. The summed E-state index contributed by atoms with van der Waals surface area (Å²) in [5.41, 5.74) is 0.591. The molecule has 0 fully saturated rings. The Morgan fingerprint density at radius 3 is 2.27 bits per heavy atom. The number of methoxy groups -OCH3 is 2. The Morgan fingerprint density at radius 2 is 1.73 bits per heavy atom. The molecule has 0 heterocycles. The van der Waals surface area contributed by atoms with Crippen molar-refractivity contribution in [2.45, 2.75) is 19.4 Å². The molecule has 164 valence electrons. The monoisotopic (exact) mass is 442 g/mol. The number of ether oxygens (including phenoxy) is 2. The number of hydrogen-bond donors (Lipinski definition) is 1. The highest BCUT2D eigenvalue weighted by molar-refractivity contribution is 7.92. The summed E-state index contributed by atoms with van der Waals surface area (Å²) in [6.07, 6.45) is 1.40. The zero-order valence-corrected chi connectivity index (χ0v) is 17.9. The minimum absolute atomic E-state index is 0.147. The SMILES string of the molecule is CC[C@H](NC(=O)CN(c1ccc(F)c(F)c1)S(C)(=O)=O)c1ccc(OC)c(OC)c1. The summed E-state index contributed by atoms with van der Waals surface area (Å²) < 4.78 is 62.2. The van der Waals surface area contributed by atoms with Crippen LogP contribution in [0, 0.1) is 11.6 Å². The van der Waals surface area contributed by atoms with Gasteiger partial charge in [-0.05, 0) is 36.2 Å². The van der Waals surface area contributed by atoms with E-state index in [0.717, 1.165) is 30.0 Å². The summed E-state index contributed by atoms with van der Waals surface area (Å²) in [4.78, 5) is 12.6. The highest BCUT2D eigenvalue weighted by Crippen LogP contribution is 2.31.